The highest BCUT2D eigenvalue weighted by Crippen LogP contribution is 2.29. The number of nitrogens with zero attached hydrogens (tertiary/aromatic N) is 6. The lowest BCUT2D eigenvalue weighted by atomic mass is 9.97. The molecule has 2 aromatic heterocycles. The van der Waals surface area contributed by atoms with Crippen molar-refractivity contribution in [2.24, 2.45) is 0 Å². The Balaban J connectivity index is 1.60. The number of rotatable bonds is 5. The molecule has 4 rings (SSSR count). The van der Waals surface area contributed by atoms with E-state index in [4.69, 9.17) is 4.74 Å². The lowest BCUT2D eigenvalue weighted by Gasteiger charge is -2.38. The molecule has 1 aliphatic heterocycles. The molecule has 0 bridgehead atoms. The van der Waals surface area contributed by atoms with Crippen LogP contribution in [0.3, 0.4) is 0 Å². The van der Waals surface area contributed by atoms with Crippen LogP contribution in [0.4, 0.5) is 0 Å². The van der Waals surface area contributed by atoms with Crippen molar-refractivity contribution in [1.29, 1.82) is 0 Å². The maximum Gasteiger partial charge on any atom is 0.341 e. The number of benzene rings is 1. The first-order valence-electron chi connectivity index (χ1n) is 10.5. The van der Waals surface area contributed by atoms with Crippen LogP contribution >= 0.6 is 0 Å². The summed E-state index contributed by atoms with van der Waals surface area (Å²) >= 11 is 0. The molecule has 9 heteroatoms. The summed E-state index contributed by atoms with van der Waals surface area (Å²) in [5.41, 5.74) is 2.42. The largest absolute Gasteiger partial charge is 0.462 e. The predicted octanol–water partition coefficient (Wildman–Crippen LogP) is 2.81. The fourth-order valence-corrected chi connectivity index (χ4v) is 4.09. The highest BCUT2D eigenvalue weighted by Gasteiger charge is 2.33. The summed E-state index contributed by atoms with van der Waals surface area (Å²) in [5, 5.41) is 12.8. The zero-order valence-corrected chi connectivity index (χ0v) is 17.9. The number of hydrogen-bond donors (Lipinski definition) is 0. The molecule has 1 amide bonds. The van der Waals surface area contributed by atoms with E-state index in [1.54, 1.807) is 31.6 Å². The van der Waals surface area contributed by atoms with Crippen LogP contribution in [0.15, 0.2) is 42.9 Å². The molecule has 0 aliphatic carbocycles. The summed E-state index contributed by atoms with van der Waals surface area (Å²) in [6.07, 6.45) is 6.44. The van der Waals surface area contributed by atoms with Crippen molar-refractivity contribution >= 4 is 11.9 Å². The van der Waals surface area contributed by atoms with Crippen LogP contribution in [0, 0.1) is 6.92 Å². The fraction of sp³-hybridized carbons (Fsp3) is 0.409. The number of para-hydroxylation sites is 1. The van der Waals surface area contributed by atoms with Crippen molar-refractivity contribution in [3.63, 3.8) is 0 Å². The summed E-state index contributed by atoms with van der Waals surface area (Å²) < 4.78 is 6.97. The monoisotopic (exact) mass is 422 g/mol. The number of ether oxygens (including phenoxy) is 1. The van der Waals surface area contributed by atoms with E-state index in [9.17, 15) is 9.59 Å². The average Bonchev–Trinajstić information content (AvgIpc) is 3.44. The van der Waals surface area contributed by atoms with E-state index in [1.165, 1.54) is 4.80 Å². The van der Waals surface area contributed by atoms with Gasteiger partial charge in [0.1, 0.15) is 5.56 Å². The third kappa shape index (κ3) is 3.95. The summed E-state index contributed by atoms with van der Waals surface area (Å²) in [6.45, 7) is 6.52. The lowest BCUT2D eigenvalue weighted by molar-refractivity contribution is 0.0518. The summed E-state index contributed by atoms with van der Waals surface area (Å²) in [7, 11) is 0. The second-order valence-corrected chi connectivity index (χ2v) is 7.68. The van der Waals surface area contributed by atoms with Gasteiger partial charge in [-0.05, 0) is 45.7 Å². The van der Waals surface area contributed by atoms with Crippen LogP contribution in [0.2, 0.25) is 0 Å². The lowest BCUT2D eigenvalue weighted by Crippen LogP contribution is -2.46. The van der Waals surface area contributed by atoms with Gasteiger partial charge < -0.3 is 9.64 Å². The number of carbonyl (C=O) groups excluding carboxylic acids is 2. The third-order valence-electron chi connectivity index (χ3n) is 5.77. The highest BCUT2D eigenvalue weighted by atomic mass is 16.5. The Kier molecular flexibility index (Phi) is 5.83. The van der Waals surface area contributed by atoms with Gasteiger partial charge in [0.2, 0.25) is 0 Å². The molecule has 9 nitrogen and oxygen atoms in total. The Morgan fingerprint density at radius 2 is 1.84 bits per heavy atom. The van der Waals surface area contributed by atoms with Crippen LogP contribution in [0.5, 0.6) is 0 Å². The van der Waals surface area contributed by atoms with Gasteiger partial charge in [-0.1, -0.05) is 12.1 Å². The molecule has 31 heavy (non-hydrogen) atoms. The number of carbonyl (C=O) groups is 2. The number of piperidine rings is 1. The van der Waals surface area contributed by atoms with E-state index < -0.39 is 0 Å². The smallest absolute Gasteiger partial charge is 0.341 e. The number of esters is 1. The van der Waals surface area contributed by atoms with E-state index in [1.807, 2.05) is 34.7 Å². The van der Waals surface area contributed by atoms with E-state index in [0.717, 1.165) is 18.5 Å². The molecule has 162 valence electrons. The molecule has 0 unspecified atom stereocenters. The van der Waals surface area contributed by atoms with Gasteiger partial charge in [-0.15, -0.1) is 0 Å². The van der Waals surface area contributed by atoms with Crippen molar-refractivity contribution in [3.05, 3.63) is 59.7 Å². The number of aromatic nitrogens is 5. The quantitative estimate of drug-likeness (QED) is 0.587. The second kappa shape index (κ2) is 8.71. The van der Waals surface area contributed by atoms with Crippen molar-refractivity contribution in [2.45, 2.75) is 45.7 Å². The zero-order chi connectivity index (χ0) is 22.0. The average molecular weight is 422 g/mol. The van der Waals surface area contributed by atoms with Gasteiger partial charge in [0.15, 0.2) is 0 Å². The van der Waals surface area contributed by atoms with Crippen LogP contribution in [0.1, 0.15) is 59.1 Å². The molecular formula is C22H26N6O3. The van der Waals surface area contributed by atoms with Gasteiger partial charge in [-0.2, -0.15) is 20.1 Å². The van der Waals surface area contributed by atoms with Gasteiger partial charge in [-0.25, -0.2) is 4.79 Å². The molecule has 1 fully saturated rings. The molecule has 1 saturated heterocycles. The zero-order valence-electron chi connectivity index (χ0n) is 17.9. The van der Waals surface area contributed by atoms with Crippen LogP contribution in [-0.4, -0.2) is 60.7 Å². The van der Waals surface area contributed by atoms with E-state index in [2.05, 4.69) is 22.2 Å². The van der Waals surface area contributed by atoms with Gasteiger partial charge in [0, 0.05) is 12.6 Å². The van der Waals surface area contributed by atoms with Crippen molar-refractivity contribution in [2.75, 3.05) is 13.2 Å². The number of likely N-dealkylation sites (tertiary alicyclic amines) is 1. The summed E-state index contributed by atoms with van der Waals surface area (Å²) in [4.78, 5) is 29.0. The minimum Gasteiger partial charge on any atom is -0.462 e. The number of hydrogen-bond acceptors (Lipinski definition) is 6. The molecule has 0 spiro atoms. The van der Waals surface area contributed by atoms with Crippen LogP contribution in [-0.2, 0) is 4.74 Å². The highest BCUT2D eigenvalue weighted by molar-refractivity contribution is 5.98. The van der Waals surface area contributed by atoms with Crippen molar-refractivity contribution < 1.29 is 14.3 Å². The Hall–Kier alpha value is -3.49. The molecular weight excluding hydrogens is 396 g/mol. The van der Waals surface area contributed by atoms with Crippen molar-refractivity contribution in [3.8, 4) is 5.69 Å². The standard InChI is InChI=1S/C22H26N6O3/c1-4-31-22(30)19-13-25-27(16(19)3)17-10-9-15(2)26(14-17)21(29)18-7-5-6-8-20(18)28-23-11-12-24-28/h5-8,11-13,15,17H,4,9-10,14H2,1-3H3/t15-,17-/m1/s1. The second-order valence-electron chi connectivity index (χ2n) is 7.68. The molecule has 0 saturated carbocycles. The Bertz CT molecular complexity index is 1070. The van der Waals surface area contributed by atoms with Crippen LogP contribution in [0.25, 0.3) is 5.69 Å². The fourth-order valence-electron chi connectivity index (χ4n) is 4.09. The van der Waals surface area contributed by atoms with Gasteiger partial charge in [0.25, 0.3) is 5.91 Å². The predicted molar refractivity (Wildman–Crippen MR) is 113 cm³/mol. The van der Waals surface area contributed by atoms with Gasteiger partial charge in [-0.3, -0.25) is 9.48 Å². The topological polar surface area (TPSA) is 95.1 Å². The van der Waals surface area contributed by atoms with E-state index in [-0.39, 0.29) is 24.0 Å². The number of amides is 1. The Morgan fingerprint density at radius 1 is 1.10 bits per heavy atom. The maximum absolute atomic E-state index is 13.5. The minimum atomic E-state index is -0.371. The van der Waals surface area contributed by atoms with Gasteiger partial charge in [0.05, 0.1) is 48.2 Å². The van der Waals surface area contributed by atoms with E-state index >= 15 is 0 Å². The molecule has 1 aliphatic rings. The first-order chi connectivity index (χ1) is 15.0. The SMILES string of the molecule is CCOC(=O)c1cnn([C@@H]2CC[C@@H](C)N(C(=O)c3ccccc3-n3nccn3)C2)c1C. The van der Waals surface area contributed by atoms with Crippen molar-refractivity contribution in [1.82, 2.24) is 29.7 Å². The summed E-state index contributed by atoms with van der Waals surface area (Å²) in [6, 6.07) is 7.41. The Labute approximate surface area is 180 Å². The minimum absolute atomic E-state index is 0.0154. The molecule has 2 atom stereocenters. The molecule has 1 aromatic carbocycles. The normalized spacial score (nSPS) is 18.7. The van der Waals surface area contributed by atoms with Crippen LogP contribution < -0.4 is 0 Å². The third-order valence-corrected chi connectivity index (χ3v) is 5.77. The molecule has 0 radical (unpaired) electrons. The molecule has 0 N–H and O–H groups in total. The maximum atomic E-state index is 13.5. The Morgan fingerprint density at radius 3 is 2.58 bits per heavy atom. The first-order valence-corrected chi connectivity index (χ1v) is 10.5. The molecule has 3 aromatic rings. The molecule has 3 heterocycles. The summed E-state index contributed by atoms with van der Waals surface area (Å²) in [5.74, 6) is -0.440. The van der Waals surface area contributed by atoms with E-state index in [0.29, 0.717) is 30.0 Å². The van der Waals surface area contributed by atoms with Gasteiger partial charge >= 0.3 is 5.97 Å². The first kappa shape index (κ1) is 20.8.